The molecule has 10 heteroatoms. The lowest BCUT2D eigenvalue weighted by Crippen LogP contribution is -2.04. The fourth-order valence-electron chi connectivity index (χ4n) is 0.940. The van der Waals surface area contributed by atoms with Crippen LogP contribution in [0.25, 0.3) is 0 Å². The highest BCUT2D eigenvalue weighted by Crippen LogP contribution is 2.31. The van der Waals surface area contributed by atoms with E-state index >= 15 is 0 Å². The van der Waals surface area contributed by atoms with Gasteiger partial charge in [-0.2, -0.15) is 4.21 Å². The van der Waals surface area contributed by atoms with Crippen LogP contribution in [0.5, 0.6) is 5.75 Å². The summed E-state index contributed by atoms with van der Waals surface area (Å²) in [5, 5.41) is 21.1. The van der Waals surface area contributed by atoms with Crippen molar-refractivity contribution in [3.8, 4) is 5.75 Å². The van der Waals surface area contributed by atoms with Gasteiger partial charge in [0.25, 0.3) is 5.69 Å². The van der Waals surface area contributed by atoms with Crippen molar-refractivity contribution in [1.82, 2.24) is 0 Å². The fraction of sp³-hybridized carbons (Fsp3) is 0.143. The quantitative estimate of drug-likeness (QED) is 0.575. The average Bonchev–Trinajstić information content (AvgIpc) is 2.28. The van der Waals surface area contributed by atoms with Gasteiger partial charge in [-0.1, -0.05) is 0 Å². The van der Waals surface area contributed by atoms with Crippen LogP contribution in [-0.2, 0) is 15.5 Å². The number of hydrogen-bond donors (Lipinski definition) is 0. The molecule has 92 valence electrons. The maximum absolute atomic E-state index is 10.9. The van der Waals surface area contributed by atoms with Gasteiger partial charge < -0.3 is 4.18 Å². The monoisotopic (exact) mass is 262 g/mol. The van der Waals surface area contributed by atoms with Crippen LogP contribution in [0.15, 0.2) is 18.2 Å². The summed E-state index contributed by atoms with van der Waals surface area (Å²) in [7, 11) is 1.08. The van der Waals surface area contributed by atoms with Gasteiger partial charge in [0, 0.05) is 6.07 Å². The molecular formula is C7H6N2O7S. The third kappa shape index (κ3) is 3.19. The molecule has 0 fully saturated rings. The lowest BCUT2D eigenvalue weighted by Gasteiger charge is -2.02. The van der Waals surface area contributed by atoms with Crippen LogP contribution >= 0.6 is 0 Å². The Morgan fingerprint density at radius 2 is 1.88 bits per heavy atom. The molecule has 0 aliphatic carbocycles. The minimum atomic E-state index is -2.20. The molecule has 0 saturated heterocycles. The van der Waals surface area contributed by atoms with Crippen molar-refractivity contribution in [2.45, 2.75) is 0 Å². The van der Waals surface area contributed by atoms with Crippen molar-refractivity contribution in [3.63, 3.8) is 0 Å². The number of nitro benzene ring substituents is 2. The molecule has 0 saturated carbocycles. The second kappa shape index (κ2) is 5.32. The van der Waals surface area contributed by atoms with Crippen LogP contribution in [0.1, 0.15) is 0 Å². The molecule has 0 heterocycles. The summed E-state index contributed by atoms with van der Waals surface area (Å²) in [5.41, 5.74) is -1.13. The summed E-state index contributed by atoms with van der Waals surface area (Å²) in [4.78, 5) is 19.4. The van der Waals surface area contributed by atoms with Gasteiger partial charge >= 0.3 is 17.0 Å². The van der Waals surface area contributed by atoms with Crippen LogP contribution in [0.4, 0.5) is 11.4 Å². The Labute approximate surface area is 97.1 Å². The second-order valence-electron chi connectivity index (χ2n) is 2.62. The van der Waals surface area contributed by atoms with Crippen molar-refractivity contribution in [2.75, 3.05) is 7.11 Å². The van der Waals surface area contributed by atoms with E-state index in [0.717, 1.165) is 19.2 Å². The Morgan fingerprint density at radius 3 is 2.35 bits per heavy atom. The van der Waals surface area contributed by atoms with Gasteiger partial charge in [-0.25, -0.2) is 0 Å². The second-order valence-corrected chi connectivity index (χ2v) is 3.53. The Morgan fingerprint density at radius 1 is 1.24 bits per heavy atom. The number of benzene rings is 1. The van der Waals surface area contributed by atoms with Crippen LogP contribution < -0.4 is 4.18 Å². The molecule has 1 rings (SSSR count). The molecule has 0 radical (unpaired) electrons. The van der Waals surface area contributed by atoms with Gasteiger partial charge in [0.1, 0.15) is 0 Å². The zero-order valence-electron chi connectivity index (χ0n) is 8.39. The number of rotatable bonds is 5. The largest absolute Gasteiger partial charge is 0.373 e. The van der Waals surface area contributed by atoms with E-state index < -0.39 is 32.6 Å². The third-order valence-corrected chi connectivity index (χ3v) is 2.23. The van der Waals surface area contributed by atoms with Crippen molar-refractivity contribution in [2.24, 2.45) is 0 Å². The van der Waals surface area contributed by atoms with Crippen molar-refractivity contribution >= 4 is 22.7 Å². The summed E-state index contributed by atoms with van der Waals surface area (Å²) >= 11 is -2.20. The number of nitro groups is 2. The van der Waals surface area contributed by atoms with Crippen molar-refractivity contribution < 1.29 is 22.4 Å². The molecule has 1 aromatic rings. The average molecular weight is 262 g/mol. The molecule has 0 aromatic heterocycles. The highest BCUT2D eigenvalue weighted by Gasteiger charge is 2.22. The van der Waals surface area contributed by atoms with Crippen molar-refractivity contribution in [3.05, 3.63) is 38.4 Å². The molecule has 0 amide bonds. The standard InChI is InChI=1S/C7H6N2O7S/c1-15-17(14)16-7-3-2-5(8(10)11)4-6(7)9(12)13/h2-4H,1H3/t17-/m0/s1. The fourth-order valence-corrected chi connectivity index (χ4v) is 1.30. The molecule has 17 heavy (non-hydrogen) atoms. The highest BCUT2D eigenvalue weighted by atomic mass is 32.2. The van der Waals surface area contributed by atoms with Gasteiger partial charge in [-0.05, 0) is 6.07 Å². The van der Waals surface area contributed by atoms with E-state index in [4.69, 9.17) is 0 Å². The van der Waals surface area contributed by atoms with E-state index in [1.807, 2.05) is 0 Å². The topological polar surface area (TPSA) is 122 Å². The van der Waals surface area contributed by atoms with Gasteiger partial charge in [0.2, 0.25) is 5.75 Å². The summed E-state index contributed by atoms with van der Waals surface area (Å²) in [5.74, 6) is -0.374. The van der Waals surface area contributed by atoms with E-state index in [1.165, 1.54) is 0 Å². The van der Waals surface area contributed by atoms with E-state index in [-0.39, 0.29) is 5.75 Å². The van der Waals surface area contributed by atoms with Gasteiger partial charge in [0.15, 0.2) is 0 Å². The Bertz CT molecular complexity index is 489. The normalized spacial score (nSPS) is 11.8. The first-order chi connectivity index (χ1) is 7.95. The summed E-state index contributed by atoms with van der Waals surface area (Å²) in [6, 6.07) is 2.69. The molecule has 0 N–H and O–H groups in total. The molecular weight excluding hydrogens is 256 g/mol. The SMILES string of the molecule is CO[S@](=O)Oc1ccc([N+](=O)[O-])cc1[N+](=O)[O-]. The van der Waals surface area contributed by atoms with Gasteiger partial charge in [-0.15, -0.1) is 0 Å². The minimum absolute atomic E-state index is 0.374. The Balaban J connectivity index is 3.17. The summed E-state index contributed by atoms with van der Waals surface area (Å²) in [6.07, 6.45) is 0. The molecule has 1 atom stereocenters. The van der Waals surface area contributed by atoms with E-state index in [1.54, 1.807) is 0 Å². The third-order valence-electron chi connectivity index (χ3n) is 1.64. The Hall–Kier alpha value is -2.07. The highest BCUT2D eigenvalue weighted by molar-refractivity contribution is 7.75. The van der Waals surface area contributed by atoms with Crippen LogP contribution in [0.3, 0.4) is 0 Å². The first-order valence-electron chi connectivity index (χ1n) is 4.03. The molecule has 0 unspecified atom stereocenters. The van der Waals surface area contributed by atoms with Crippen LogP contribution in [-0.4, -0.2) is 21.2 Å². The van der Waals surface area contributed by atoms with Gasteiger partial charge in [0.05, 0.1) is 23.0 Å². The van der Waals surface area contributed by atoms with E-state index in [2.05, 4.69) is 8.37 Å². The zero-order valence-corrected chi connectivity index (χ0v) is 9.21. The number of hydrogen-bond acceptors (Lipinski definition) is 7. The number of nitrogens with zero attached hydrogens (tertiary/aromatic N) is 2. The van der Waals surface area contributed by atoms with E-state index in [0.29, 0.717) is 6.07 Å². The lowest BCUT2D eigenvalue weighted by molar-refractivity contribution is -0.394. The smallest absolute Gasteiger partial charge is 0.360 e. The van der Waals surface area contributed by atoms with Crippen LogP contribution in [0, 0.1) is 20.2 Å². The maximum atomic E-state index is 10.9. The maximum Gasteiger partial charge on any atom is 0.360 e. The first-order valence-corrected chi connectivity index (χ1v) is 5.03. The molecule has 0 aliphatic rings. The van der Waals surface area contributed by atoms with Crippen LogP contribution in [0.2, 0.25) is 0 Å². The summed E-state index contributed by atoms with van der Waals surface area (Å²) < 4.78 is 19.7. The molecule has 0 spiro atoms. The number of non-ortho nitro benzene ring substituents is 1. The minimum Gasteiger partial charge on any atom is -0.373 e. The zero-order chi connectivity index (χ0) is 13.0. The summed E-state index contributed by atoms with van der Waals surface area (Å²) in [6.45, 7) is 0. The molecule has 9 nitrogen and oxygen atoms in total. The van der Waals surface area contributed by atoms with Gasteiger partial charge in [-0.3, -0.25) is 24.4 Å². The molecule has 1 aromatic carbocycles. The lowest BCUT2D eigenvalue weighted by atomic mass is 10.2. The predicted molar refractivity (Wildman–Crippen MR) is 55.5 cm³/mol. The Kier molecular flexibility index (Phi) is 4.06. The predicted octanol–water partition coefficient (Wildman–Crippen LogP) is 1.11. The molecule has 0 aliphatic heterocycles. The first kappa shape index (κ1) is 13.0. The van der Waals surface area contributed by atoms with E-state index in [9.17, 15) is 24.4 Å². The molecule has 0 bridgehead atoms. The van der Waals surface area contributed by atoms with Crippen molar-refractivity contribution in [1.29, 1.82) is 0 Å².